The van der Waals surface area contributed by atoms with E-state index in [1.54, 1.807) is 25.3 Å². The highest BCUT2D eigenvalue weighted by atomic mass is 16.5. The van der Waals surface area contributed by atoms with Gasteiger partial charge in [0.15, 0.2) is 0 Å². The van der Waals surface area contributed by atoms with E-state index >= 15 is 0 Å². The van der Waals surface area contributed by atoms with Gasteiger partial charge in [0, 0.05) is 37.5 Å². The van der Waals surface area contributed by atoms with E-state index in [4.69, 9.17) is 9.72 Å². The lowest BCUT2D eigenvalue weighted by atomic mass is 9.89. The number of rotatable bonds is 7. The van der Waals surface area contributed by atoms with Gasteiger partial charge in [-0.2, -0.15) is 0 Å². The Kier molecular flexibility index (Phi) is 6.51. The van der Waals surface area contributed by atoms with Crippen LogP contribution in [0.3, 0.4) is 0 Å². The molecule has 0 unspecified atom stereocenters. The first-order valence-electron chi connectivity index (χ1n) is 12.1. The largest absolute Gasteiger partial charge is 0.457 e. The molecule has 2 aromatic carbocycles. The van der Waals surface area contributed by atoms with Gasteiger partial charge in [-0.3, -0.25) is 9.78 Å². The number of nitrogens with one attached hydrogen (secondary N) is 1. The molecule has 2 aromatic heterocycles. The molecule has 180 valence electrons. The van der Waals surface area contributed by atoms with Crippen molar-refractivity contribution in [2.24, 2.45) is 7.05 Å². The third-order valence-corrected chi connectivity index (χ3v) is 6.64. The fraction of sp³-hybridized carbons (Fsp3) is 0.321. The summed E-state index contributed by atoms with van der Waals surface area (Å²) < 4.78 is 8.10. The minimum absolute atomic E-state index is 0.0708. The molecule has 7 heteroatoms. The van der Waals surface area contributed by atoms with Gasteiger partial charge in [0.05, 0.1) is 16.7 Å². The SMILES string of the molecule is CC(=O)Cc1cc(Oc2ccc3c(c2)nc(Nc2cccc(C4CCN(C)CC4)c2)n3C)ccn1. The fourth-order valence-corrected chi connectivity index (χ4v) is 4.70. The van der Waals surface area contributed by atoms with Crippen LogP contribution in [0.1, 0.15) is 36.9 Å². The predicted molar refractivity (Wildman–Crippen MR) is 139 cm³/mol. The van der Waals surface area contributed by atoms with Crippen molar-refractivity contribution < 1.29 is 9.53 Å². The second-order valence-corrected chi connectivity index (χ2v) is 9.44. The number of Topliss-reactive ketones (excluding diaryl/α,β-unsaturated/α-hetero) is 1. The van der Waals surface area contributed by atoms with Crippen molar-refractivity contribution in [2.75, 3.05) is 25.5 Å². The Morgan fingerprint density at radius 3 is 2.66 bits per heavy atom. The second kappa shape index (κ2) is 9.88. The monoisotopic (exact) mass is 469 g/mol. The van der Waals surface area contributed by atoms with Gasteiger partial charge >= 0.3 is 0 Å². The summed E-state index contributed by atoms with van der Waals surface area (Å²) in [6.45, 7) is 3.85. The Morgan fingerprint density at radius 2 is 1.86 bits per heavy atom. The average Bonchev–Trinajstić information content (AvgIpc) is 3.14. The van der Waals surface area contributed by atoms with Gasteiger partial charge in [-0.1, -0.05) is 12.1 Å². The van der Waals surface area contributed by atoms with Crippen LogP contribution in [0.4, 0.5) is 11.6 Å². The van der Waals surface area contributed by atoms with Gasteiger partial charge in [0.25, 0.3) is 0 Å². The maximum atomic E-state index is 11.4. The van der Waals surface area contributed by atoms with E-state index in [-0.39, 0.29) is 5.78 Å². The smallest absolute Gasteiger partial charge is 0.208 e. The highest BCUT2D eigenvalue weighted by molar-refractivity contribution is 5.81. The average molecular weight is 470 g/mol. The highest BCUT2D eigenvalue weighted by Gasteiger charge is 2.19. The molecular formula is C28H31N5O2. The number of piperidine rings is 1. The van der Waals surface area contributed by atoms with Crippen LogP contribution in [-0.2, 0) is 18.3 Å². The number of hydrogen-bond acceptors (Lipinski definition) is 6. The molecule has 5 rings (SSSR count). The van der Waals surface area contributed by atoms with Crippen LogP contribution in [-0.4, -0.2) is 45.4 Å². The quantitative estimate of drug-likeness (QED) is 0.388. The topological polar surface area (TPSA) is 72.3 Å². The molecule has 0 saturated carbocycles. The van der Waals surface area contributed by atoms with Crippen molar-refractivity contribution in [2.45, 2.75) is 32.1 Å². The van der Waals surface area contributed by atoms with E-state index in [0.29, 0.717) is 29.5 Å². The van der Waals surface area contributed by atoms with Crippen LogP contribution in [0.15, 0.2) is 60.8 Å². The Morgan fingerprint density at radius 1 is 1.06 bits per heavy atom. The zero-order valence-electron chi connectivity index (χ0n) is 20.5. The standard InChI is InChI=1S/C28H31N5O2/c1-19(34)15-23-17-25(9-12-29-23)35-24-7-8-27-26(18-24)31-28(33(27)3)30-22-6-4-5-21(16-22)20-10-13-32(2)14-11-20/h4-9,12,16-18,20H,10-11,13-15H2,1-3H3,(H,30,31). The molecule has 35 heavy (non-hydrogen) atoms. The maximum Gasteiger partial charge on any atom is 0.208 e. The van der Waals surface area contributed by atoms with Crippen LogP contribution in [0.5, 0.6) is 11.5 Å². The molecule has 0 amide bonds. The Labute approximate surface area is 205 Å². The van der Waals surface area contributed by atoms with E-state index in [2.05, 4.69) is 51.1 Å². The number of ether oxygens (including phenoxy) is 1. The van der Waals surface area contributed by atoms with Crippen molar-refractivity contribution in [1.82, 2.24) is 19.4 Å². The number of imidazole rings is 1. The third kappa shape index (κ3) is 5.35. The summed E-state index contributed by atoms with van der Waals surface area (Å²) in [6.07, 6.45) is 4.35. The van der Waals surface area contributed by atoms with Crippen molar-refractivity contribution in [1.29, 1.82) is 0 Å². The van der Waals surface area contributed by atoms with Gasteiger partial charge in [0.2, 0.25) is 5.95 Å². The van der Waals surface area contributed by atoms with Gasteiger partial charge in [-0.25, -0.2) is 4.98 Å². The summed E-state index contributed by atoms with van der Waals surface area (Å²) in [5.74, 6) is 2.80. The summed E-state index contributed by atoms with van der Waals surface area (Å²) in [5, 5.41) is 3.51. The molecule has 1 aliphatic heterocycles. The Hall–Kier alpha value is -3.71. The van der Waals surface area contributed by atoms with Crippen LogP contribution in [0, 0.1) is 0 Å². The zero-order valence-corrected chi connectivity index (χ0v) is 20.5. The first-order valence-corrected chi connectivity index (χ1v) is 12.1. The predicted octanol–water partition coefficient (Wildman–Crippen LogP) is 5.44. The zero-order chi connectivity index (χ0) is 24.4. The molecule has 0 aliphatic carbocycles. The van der Waals surface area contributed by atoms with E-state index in [9.17, 15) is 4.79 Å². The van der Waals surface area contributed by atoms with E-state index in [1.165, 1.54) is 18.4 Å². The summed E-state index contributed by atoms with van der Waals surface area (Å²) in [6, 6.07) is 18.2. The van der Waals surface area contributed by atoms with Gasteiger partial charge < -0.3 is 19.5 Å². The van der Waals surface area contributed by atoms with Crippen LogP contribution >= 0.6 is 0 Å². The van der Waals surface area contributed by atoms with E-state index in [0.717, 1.165) is 35.8 Å². The minimum atomic E-state index is 0.0708. The molecule has 7 nitrogen and oxygen atoms in total. The van der Waals surface area contributed by atoms with Gasteiger partial charge in [-0.05, 0) is 81.7 Å². The molecule has 0 radical (unpaired) electrons. The number of carbonyl (C=O) groups excluding carboxylic acids is 1. The third-order valence-electron chi connectivity index (χ3n) is 6.64. The number of aryl methyl sites for hydroxylation is 1. The molecule has 0 bridgehead atoms. The number of carbonyl (C=O) groups is 1. The van der Waals surface area contributed by atoms with Crippen molar-refractivity contribution in [3.05, 3.63) is 72.1 Å². The highest BCUT2D eigenvalue weighted by Crippen LogP contribution is 2.31. The normalized spacial score (nSPS) is 14.8. The second-order valence-electron chi connectivity index (χ2n) is 9.44. The summed E-state index contributed by atoms with van der Waals surface area (Å²) >= 11 is 0. The van der Waals surface area contributed by atoms with Crippen LogP contribution in [0.2, 0.25) is 0 Å². The molecular weight excluding hydrogens is 438 g/mol. The number of fused-ring (bicyclic) bond motifs is 1. The number of ketones is 1. The Bertz CT molecular complexity index is 1350. The molecule has 3 heterocycles. The number of likely N-dealkylation sites (tertiary alicyclic amines) is 1. The van der Waals surface area contributed by atoms with Gasteiger partial charge in [-0.15, -0.1) is 0 Å². The lowest BCUT2D eigenvalue weighted by Gasteiger charge is -2.29. The lowest BCUT2D eigenvalue weighted by molar-refractivity contribution is -0.116. The molecule has 0 spiro atoms. The minimum Gasteiger partial charge on any atom is -0.457 e. The molecule has 1 aliphatic rings. The molecule has 1 N–H and O–H groups in total. The lowest BCUT2D eigenvalue weighted by Crippen LogP contribution is -2.29. The number of aromatic nitrogens is 3. The number of hydrogen-bond donors (Lipinski definition) is 1. The first-order chi connectivity index (χ1) is 16.9. The fourth-order valence-electron chi connectivity index (χ4n) is 4.70. The van der Waals surface area contributed by atoms with E-state index < -0.39 is 0 Å². The maximum absolute atomic E-state index is 11.4. The van der Waals surface area contributed by atoms with Gasteiger partial charge in [0.1, 0.15) is 17.3 Å². The molecule has 0 atom stereocenters. The summed E-state index contributed by atoms with van der Waals surface area (Å²) in [4.78, 5) is 22.9. The van der Waals surface area contributed by atoms with Crippen LogP contribution < -0.4 is 10.1 Å². The number of anilines is 2. The first kappa shape index (κ1) is 23.1. The number of benzene rings is 2. The van der Waals surface area contributed by atoms with Crippen molar-refractivity contribution >= 4 is 28.5 Å². The Balaban J connectivity index is 1.34. The molecule has 1 fully saturated rings. The van der Waals surface area contributed by atoms with E-state index in [1.807, 2.05) is 25.2 Å². The number of nitrogens with zero attached hydrogens (tertiary/aromatic N) is 4. The summed E-state index contributed by atoms with van der Waals surface area (Å²) in [5.41, 5.74) is 4.99. The van der Waals surface area contributed by atoms with Crippen molar-refractivity contribution in [3.63, 3.8) is 0 Å². The summed E-state index contributed by atoms with van der Waals surface area (Å²) in [7, 11) is 4.20. The van der Waals surface area contributed by atoms with Crippen molar-refractivity contribution in [3.8, 4) is 11.5 Å². The van der Waals surface area contributed by atoms with Crippen LogP contribution in [0.25, 0.3) is 11.0 Å². The number of pyridine rings is 1. The molecule has 1 saturated heterocycles. The molecule has 4 aromatic rings.